The number of hydrogen-bond donors (Lipinski definition) is 4. The van der Waals surface area contributed by atoms with E-state index in [0.717, 1.165) is 68.6 Å². The second kappa shape index (κ2) is 11.0. The number of fused-ring (bicyclic) bond motifs is 1. The van der Waals surface area contributed by atoms with E-state index in [-0.39, 0.29) is 18.1 Å². The lowest BCUT2D eigenvalue weighted by Gasteiger charge is -2.39. The number of benzene rings is 1. The van der Waals surface area contributed by atoms with Gasteiger partial charge in [-0.15, -0.1) is 0 Å². The number of hydrogen-bond acceptors (Lipinski definition) is 6. The third-order valence-corrected chi connectivity index (χ3v) is 8.58. The largest absolute Gasteiger partial charge is 0.493 e. The van der Waals surface area contributed by atoms with Crippen molar-refractivity contribution in [2.24, 2.45) is 11.8 Å². The normalized spacial score (nSPS) is 29.6. The molecule has 4 N–H and O–H groups in total. The topological polar surface area (TPSA) is 107 Å². The number of aliphatic hydroxyl groups is 2. The van der Waals surface area contributed by atoms with Crippen molar-refractivity contribution in [1.82, 2.24) is 15.2 Å². The van der Waals surface area contributed by atoms with Crippen molar-refractivity contribution in [1.29, 1.82) is 0 Å². The van der Waals surface area contributed by atoms with Gasteiger partial charge in [-0.2, -0.15) is 0 Å². The van der Waals surface area contributed by atoms with Gasteiger partial charge >= 0.3 is 6.09 Å². The molecule has 8 nitrogen and oxygen atoms in total. The van der Waals surface area contributed by atoms with E-state index in [9.17, 15) is 15.0 Å². The summed E-state index contributed by atoms with van der Waals surface area (Å²) in [5, 5.41) is 24.9. The van der Waals surface area contributed by atoms with E-state index >= 15 is 0 Å². The summed E-state index contributed by atoms with van der Waals surface area (Å²) in [7, 11) is 0. The van der Waals surface area contributed by atoms with Gasteiger partial charge in [0.05, 0.1) is 23.8 Å². The molecule has 0 unspecified atom stereocenters. The number of carbonyl (C=O) groups excluding carboxylic acids is 1. The van der Waals surface area contributed by atoms with Gasteiger partial charge in [0.2, 0.25) is 5.88 Å². The third-order valence-electron chi connectivity index (χ3n) is 8.58. The second-order valence-corrected chi connectivity index (χ2v) is 11.4. The summed E-state index contributed by atoms with van der Waals surface area (Å²) in [5.41, 5.74) is 0.193. The lowest BCUT2D eigenvalue weighted by Crippen LogP contribution is -2.47. The predicted octanol–water partition coefficient (Wildman–Crippen LogP) is 4.20. The average Bonchev–Trinajstić information content (AvgIpc) is 3.24. The Kier molecular flexibility index (Phi) is 7.74. The average molecular weight is 500 g/mol. The molecule has 1 amide bonds. The summed E-state index contributed by atoms with van der Waals surface area (Å²) >= 11 is 0. The van der Waals surface area contributed by atoms with Crippen LogP contribution in [0.3, 0.4) is 0 Å². The summed E-state index contributed by atoms with van der Waals surface area (Å²) in [4.78, 5) is 18.1. The van der Waals surface area contributed by atoms with Gasteiger partial charge in [0.25, 0.3) is 0 Å². The number of aromatic nitrogens is 1. The van der Waals surface area contributed by atoms with Crippen molar-refractivity contribution in [3.05, 3.63) is 24.3 Å². The van der Waals surface area contributed by atoms with Crippen LogP contribution < -0.4 is 14.8 Å². The maximum absolute atomic E-state index is 12.6. The smallest absolute Gasteiger partial charge is 0.414 e. The molecule has 1 aromatic carbocycles. The standard InChI is InChI=1S/C28H41N3O5/c1-19-17-31(14-10-24(19)32)15-13-28(34)11-8-21(9-12-28)29-27(33)36-26-16-22-23(30-26)6-3-7-25(22)35-18-20-4-2-5-20/h3,6-7,16,19-21,24,30,32,34H,2,4-5,8-15,17-18H2,1H3,(H,29,33)/t19-,21?,24-,28?/m0/s1. The highest BCUT2D eigenvalue weighted by Gasteiger charge is 2.35. The molecule has 2 aromatic rings. The summed E-state index contributed by atoms with van der Waals surface area (Å²) in [6.07, 6.45) is 7.40. The summed E-state index contributed by atoms with van der Waals surface area (Å²) in [5.74, 6) is 2.14. The quantitative estimate of drug-likeness (QED) is 0.434. The fraction of sp³-hybridized carbons (Fsp3) is 0.679. The van der Waals surface area contributed by atoms with Crippen LogP contribution in [0.25, 0.3) is 10.9 Å². The predicted molar refractivity (Wildman–Crippen MR) is 138 cm³/mol. The molecule has 1 saturated heterocycles. The zero-order valence-electron chi connectivity index (χ0n) is 21.4. The van der Waals surface area contributed by atoms with E-state index in [1.165, 1.54) is 19.3 Å². The minimum absolute atomic E-state index is 0.00585. The van der Waals surface area contributed by atoms with E-state index in [1.807, 2.05) is 24.3 Å². The van der Waals surface area contributed by atoms with Gasteiger partial charge in [0.1, 0.15) is 5.75 Å². The molecule has 36 heavy (non-hydrogen) atoms. The van der Waals surface area contributed by atoms with Gasteiger partial charge in [-0.05, 0) is 75.3 Å². The fourth-order valence-corrected chi connectivity index (χ4v) is 5.78. The first-order chi connectivity index (χ1) is 17.4. The van der Waals surface area contributed by atoms with Crippen molar-refractivity contribution in [3.63, 3.8) is 0 Å². The molecular weight excluding hydrogens is 458 g/mol. The molecule has 3 fully saturated rings. The molecule has 2 heterocycles. The molecule has 1 aromatic heterocycles. The number of aromatic amines is 1. The number of nitrogens with one attached hydrogen (secondary N) is 2. The summed E-state index contributed by atoms with van der Waals surface area (Å²) < 4.78 is 11.6. The highest BCUT2D eigenvalue weighted by atomic mass is 16.6. The number of amides is 1. The first-order valence-corrected chi connectivity index (χ1v) is 13.7. The molecule has 0 spiro atoms. The van der Waals surface area contributed by atoms with Crippen LogP contribution in [0.2, 0.25) is 0 Å². The Hall–Kier alpha value is -2.29. The Morgan fingerprint density at radius 2 is 2.03 bits per heavy atom. The van der Waals surface area contributed by atoms with Gasteiger partial charge in [0, 0.05) is 37.1 Å². The van der Waals surface area contributed by atoms with Crippen LogP contribution in [0.15, 0.2) is 24.3 Å². The molecule has 8 heteroatoms. The highest BCUT2D eigenvalue weighted by molar-refractivity contribution is 5.88. The maximum atomic E-state index is 12.6. The number of piperidine rings is 1. The van der Waals surface area contributed by atoms with E-state index in [2.05, 4.69) is 22.1 Å². The summed E-state index contributed by atoms with van der Waals surface area (Å²) in [6, 6.07) is 7.67. The highest BCUT2D eigenvalue weighted by Crippen LogP contribution is 2.34. The van der Waals surface area contributed by atoms with Crippen LogP contribution in [0, 0.1) is 11.8 Å². The zero-order chi connectivity index (χ0) is 25.1. The molecular formula is C28H41N3O5. The van der Waals surface area contributed by atoms with Crippen molar-refractivity contribution in [3.8, 4) is 11.6 Å². The summed E-state index contributed by atoms with van der Waals surface area (Å²) in [6.45, 7) is 5.44. The van der Waals surface area contributed by atoms with Crippen LogP contribution >= 0.6 is 0 Å². The molecule has 5 rings (SSSR count). The van der Waals surface area contributed by atoms with Gasteiger partial charge in [-0.25, -0.2) is 4.79 Å². The van der Waals surface area contributed by atoms with Gasteiger partial charge in [-0.3, -0.25) is 0 Å². The molecule has 3 aliphatic rings. The van der Waals surface area contributed by atoms with Crippen LogP contribution in [0.1, 0.15) is 64.7 Å². The zero-order valence-corrected chi connectivity index (χ0v) is 21.4. The van der Waals surface area contributed by atoms with Gasteiger partial charge in [-0.1, -0.05) is 19.4 Å². The Bertz CT molecular complexity index is 1030. The van der Waals surface area contributed by atoms with E-state index < -0.39 is 11.7 Å². The van der Waals surface area contributed by atoms with Crippen LogP contribution in [0.5, 0.6) is 11.6 Å². The molecule has 0 radical (unpaired) electrons. The third kappa shape index (κ3) is 6.15. The van der Waals surface area contributed by atoms with Crippen molar-refractivity contribution >= 4 is 17.0 Å². The minimum Gasteiger partial charge on any atom is -0.493 e. The Balaban J connectivity index is 1.07. The number of carbonyl (C=O) groups is 1. The van der Waals surface area contributed by atoms with Crippen LogP contribution in [-0.2, 0) is 0 Å². The van der Waals surface area contributed by atoms with Crippen molar-refractivity contribution < 1.29 is 24.5 Å². The molecule has 198 valence electrons. The molecule has 2 aliphatic carbocycles. The molecule has 0 bridgehead atoms. The molecule has 1 aliphatic heterocycles. The van der Waals surface area contributed by atoms with Crippen molar-refractivity contribution in [2.75, 3.05) is 26.2 Å². The Labute approximate surface area is 213 Å². The number of rotatable bonds is 8. The lowest BCUT2D eigenvalue weighted by molar-refractivity contribution is -0.0271. The number of nitrogens with zero attached hydrogens (tertiary/aromatic N) is 1. The Morgan fingerprint density at radius 1 is 1.22 bits per heavy atom. The SMILES string of the molecule is C[C@H]1CN(CCC2(O)CCC(NC(=O)Oc3cc4c(OCC5CCC5)cccc4[nH]3)CC2)CC[C@@H]1O. The lowest BCUT2D eigenvalue weighted by atomic mass is 9.80. The molecule has 2 atom stereocenters. The molecule has 2 saturated carbocycles. The van der Waals surface area contributed by atoms with Crippen LogP contribution in [-0.4, -0.2) is 70.2 Å². The monoisotopic (exact) mass is 499 g/mol. The number of likely N-dealkylation sites (tertiary alicyclic amines) is 1. The van der Waals surface area contributed by atoms with E-state index in [0.29, 0.717) is 24.6 Å². The number of H-pyrrole nitrogens is 1. The van der Waals surface area contributed by atoms with Crippen molar-refractivity contribution in [2.45, 2.75) is 82.5 Å². The maximum Gasteiger partial charge on any atom is 0.414 e. The van der Waals surface area contributed by atoms with Crippen LogP contribution in [0.4, 0.5) is 4.79 Å². The van der Waals surface area contributed by atoms with E-state index in [4.69, 9.17) is 9.47 Å². The fourth-order valence-electron chi connectivity index (χ4n) is 5.78. The second-order valence-electron chi connectivity index (χ2n) is 11.4. The van der Waals surface area contributed by atoms with Gasteiger partial charge in [0.15, 0.2) is 0 Å². The first-order valence-electron chi connectivity index (χ1n) is 13.7. The number of ether oxygens (including phenoxy) is 2. The van der Waals surface area contributed by atoms with Gasteiger partial charge < -0.3 is 34.9 Å². The Morgan fingerprint density at radius 3 is 2.75 bits per heavy atom. The number of aliphatic hydroxyl groups excluding tert-OH is 1. The van der Waals surface area contributed by atoms with E-state index in [1.54, 1.807) is 0 Å². The first kappa shape index (κ1) is 25.4. The minimum atomic E-state index is -0.686.